The van der Waals surface area contributed by atoms with Crippen LogP contribution in [0.2, 0.25) is 0 Å². The molecule has 0 unspecified atom stereocenters. The van der Waals surface area contributed by atoms with E-state index >= 15 is 0 Å². The van der Waals surface area contributed by atoms with Crippen molar-refractivity contribution in [3.05, 3.63) is 69.3 Å². The Kier molecular flexibility index (Phi) is 3.68. The smallest absolute Gasteiger partial charge is 0.196 e. The first-order valence-electron chi connectivity index (χ1n) is 7.01. The molecule has 21 heavy (non-hydrogen) atoms. The minimum absolute atomic E-state index is 0.0429. The highest BCUT2D eigenvalue weighted by Crippen LogP contribution is 2.27. The van der Waals surface area contributed by atoms with Crippen molar-refractivity contribution in [3.8, 4) is 0 Å². The number of carbonyl (C=O) groups is 1. The Hall–Kier alpha value is -1.87. The topological polar surface area (TPSA) is 32.9 Å². The Morgan fingerprint density at radius 3 is 2.71 bits per heavy atom. The number of nitrogens with one attached hydrogen (secondary N) is 1. The average molecular weight is 342 g/mol. The number of hydrogen-bond acceptors (Lipinski definition) is 1. The molecule has 0 fully saturated rings. The maximum atomic E-state index is 12.8. The number of ketones is 1. The molecule has 0 aliphatic heterocycles. The van der Waals surface area contributed by atoms with Crippen LogP contribution in [0.1, 0.15) is 34.0 Å². The lowest BCUT2D eigenvalue weighted by Crippen LogP contribution is -2.01. The van der Waals surface area contributed by atoms with Crippen LogP contribution in [0, 0.1) is 6.92 Å². The molecule has 0 amide bonds. The Balaban J connectivity index is 2.14. The Labute approximate surface area is 132 Å². The van der Waals surface area contributed by atoms with E-state index in [0.717, 1.165) is 32.9 Å². The van der Waals surface area contributed by atoms with Crippen molar-refractivity contribution in [2.75, 3.05) is 0 Å². The molecule has 1 aromatic heterocycles. The Morgan fingerprint density at radius 2 is 2.00 bits per heavy atom. The summed E-state index contributed by atoms with van der Waals surface area (Å²) in [5.41, 5.74) is 4.85. The quantitative estimate of drug-likeness (QED) is 0.665. The van der Waals surface area contributed by atoms with Crippen LogP contribution in [0.25, 0.3) is 10.9 Å². The highest BCUT2D eigenvalue weighted by molar-refractivity contribution is 9.10. The van der Waals surface area contributed by atoms with Crippen molar-refractivity contribution in [2.24, 2.45) is 0 Å². The van der Waals surface area contributed by atoms with Gasteiger partial charge in [0.25, 0.3) is 0 Å². The molecule has 0 aliphatic carbocycles. The van der Waals surface area contributed by atoms with Crippen LogP contribution in [-0.2, 0) is 6.42 Å². The molecular weight excluding hydrogens is 326 g/mol. The molecule has 3 rings (SSSR count). The van der Waals surface area contributed by atoms with Crippen LogP contribution in [0.5, 0.6) is 0 Å². The summed E-state index contributed by atoms with van der Waals surface area (Å²) in [7, 11) is 0. The summed E-state index contributed by atoms with van der Waals surface area (Å²) in [6.45, 7) is 4.13. The van der Waals surface area contributed by atoms with Gasteiger partial charge in [-0.2, -0.15) is 0 Å². The van der Waals surface area contributed by atoms with Crippen molar-refractivity contribution in [1.82, 2.24) is 4.98 Å². The number of aromatic nitrogens is 1. The van der Waals surface area contributed by atoms with E-state index in [-0.39, 0.29) is 5.78 Å². The summed E-state index contributed by atoms with van der Waals surface area (Å²) in [5.74, 6) is 0.0429. The van der Waals surface area contributed by atoms with Crippen molar-refractivity contribution in [3.63, 3.8) is 0 Å². The minimum Gasteiger partial charge on any atom is -0.360 e. The summed E-state index contributed by atoms with van der Waals surface area (Å²) >= 11 is 3.49. The van der Waals surface area contributed by atoms with Gasteiger partial charge in [-0.1, -0.05) is 47.1 Å². The molecule has 1 heterocycles. The number of halogens is 1. The third-order valence-electron chi connectivity index (χ3n) is 3.80. The number of para-hydroxylation sites is 1. The molecule has 2 nitrogen and oxygen atoms in total. The highest BCUT2D eigenvalue weighted by Gasteiger charge is 2.17. The van der Waals surface area contributed by atoms with E-state index in [1.54, 1.807) is 0 Å². The van der Waals surface area contributed by atoms with E-state index in [1.165, 1.54) is 5.56 Å². The molecule has 0 spiro atoms. The maximum Gasteiger partial charge on any atom is 0.196 e. The summed E-state index contributed by atoms with van der Waals surface area (Å²) in [6, 6.07) is 11.9. The number of rotatable bonds is 3. The third kappa shape index (κ3) is 2.42. The number of aryl methyl sites for hydroxylation is 2. The van der Waals surface area contributed by atoms with E-state index in [1.807, 2.05) is 43.5 Å². The lowest BCUT2D eigenvalue weighted by molar-refractivity contribution is 0.103. The van der Waals surface area contributed by atoms with Crippen LogP contribution < -0.4 is 0 Å². The number of fused-ring (bicyclic) bond motifs is 1. The van der Waals surface area contributed by atoms with E-state index in [9.17, 15) is 4.79 Å². The highest BCUT2D eigenvalue weighted by atomic mass is 79.9. The molecule has 0 bridgehead atoms. The van der Waals surface area contributed by atoms with Crippen LogP contribution >= 0.6 is 15.9 Å². The van der Waals surface area contributed by atoms with E-state index < -0.39 is 0 Å². The standard InChI is InChI=1S/C18H16BrNO/c1-3-12-5-4-6-13-15(10-20-17(12)13)18(21)14-8-7-11(2)9-16(14)19/h4-10,20H,3H2,1-2H3. The first-order valence-corrected chi connectivity index (χ1v) is 7.81. The predicted octanol–water partition coefficient (Wildman–Crippen LogP) is 5.03. The molecule has 3 heteroatoms. The van der Waals surface area contributed by atoms with Gasteiger partial charge in [0.05, 0.1) is 0 Å². The second-order valence-corrected chi connectivity index (χ2v) is 6.06. The SMILES string of the molecule is CCc1cccc2c(C(=O)c3ccc(C)cc3Br)c[nH]c12. The number of benzene rings is 2. The molecule has 0 radical (unpaired) electrons. The molecule has 0 aliphatic rings. The van der Waals surface area contributed by atoms with Gasteiger partial charge in [0.15, 0.2) is 5.78 Å². The lowest BCUT2D eigenvalue weighted by atomic mass is 10.00. The summed E-state index contributed by atoms with van der Waals surface area (Å²) < 4.78 is 0.841. The zero-order valence-electron chi connectivity index (χ0n) is 12.0. The zero-order chi connectivity index (χ0) is 15.0. The van der Waals surface area contributed by atoms with Crippen molar-refractivity contribution < 1.29 is 4.79 Å². The largest absolute Gasteiger partial charge is 0.360 e. The van der Waals surface area contributed by atoms with Crippen LogP contribution in [0.15, 0.2) is 47.1 Å². The zero-order valence-corrected chi connectivity index (χ0v) is 13.6. The van der Waals surface area contributed by atoms with Gasteiger partial charge in [0.1, 0.15) is 0 Å². The lowest BCUT2D eigenvalue weighted by Gasteiger charge is -2.05. The number of H-pyrrole nitrogens is 1. The van der Waals surface area contributed by atoms with Crippen LogP contribution in [-0.4, -0.2) is 10.8 Å². The van der Waals surface area contributed by atoms with Gasteiger partial charge < -0.3 is 4.98 Å². The minimum atomic E-state index is 0.0429. The Morgan fingerprint density at radius 1 is 1.19 bits per heavy atom. The molecule has 0 atom stereocenters. The fourth-order valence-electron chi connectivity index (χ4n) is 2.65. The van der Waals surface area contributed by atoms with Gasteiger partial charge in [-0.3, -0.25) is 4.79 Å². The molecule has 0 saturated carbocycles. The van der Waals surface area contributed by atoms with Gasteiger partial charge in [0.2, 0.25) is 0 Å². The van der Waals surface area contributed by atoms with Gasteiger partial charge in [0, 0.05) is 32.7 Å². The van der Waals surface area contributed by atoms with Crippen molar-refractivity contribution in [2.45, 2.75) is 20.3 Å². The Bertz CT molecular complexity index is 832. The normalized spacial score (nSPS) is 11.0. The van der Waals surface area contributed by atoms with Crippen molar-refractivity contribution >= 4 is 32.6 Å². The molecule has 1 N–H and O–H groups in total. The first kappa shape index (κ1) is 14.1. The fraction of sp³-hybridized carbons (Fsp3) is 0.167. The number of aromatic amines is 1. The van der Waals surface area contributed by atoms with Gasteiger partial charge in [-0.15, -0.1) is 0 Å². The number of hydrogen-bond donors (Lipinski definition) is 1. The summed E-state index contributed by atoms with van der Waals surface area (Å²) in [4.78, 5) is 16.1. The second-order valence-electron chi connectivity index (χ2n) is 5.21. The molecule has 2 aromatic carbocycles. The maximum absolute atomic E-state index is 12.8. The predicted molar refractivity (Wildman–Crippen MR) is 90.0 cm³/mol. The van der Waals surface area contributed by atoms with Crippen LogP contribution in [0.3, 0.4) is 0 Å². The fourth-order valence-corrected chi connectivity index (χ4v) is 3.32. The van der Waals surface area contributed by atoms with E-state index in [4.69, 9.17) is 0 Å². The van der Waals surface area contributed by atoms with E-state index in [2.05, 4.69) is 33.9 Å². The third-order valence-corrected chi connectivity index (χ3v) is 4.45. The van der Waals surface area contributed by atoms with Crippen molar-refractivity contribution in [1.29, 1.82) is 0 Å². The molecule has 106 valence electrons. The van der Waals surface area contributed by atoms with Gasteiger partial charge in [-0.25, -0.2) is 0 Å². The van der Waals surface area contributed by atoms with E-state index in [0.29, 0.717) is 5.56 Å². The number of carbonyl (C=O) groups excluding carboxylic acids is 1. The second kappa shape index (κ2) is 5.49. The molecule has 3 aromatic rings. The van der Waals surface area contributed by atoms with Gasteiger partial charge in [-0.05, 0) is 36.6 Å². The molecular formula is C18H16BrNO. The summed E-state index contributed by atoms with van der Waals surface area (Å²) in [6.07, 6.45) is 2.76. The van der Waals surface area contributed by atoms with Gasteiger partial charge >= 0.3 is 0 Å². The van der Waals surface area contributed by atoms with Crippen LogP contribution in [0.4, 0.5) is 0 Å². The average Bonchev–Trinajstić information content (AvgIpc) is 2.90. The monoisotopic (exact) mass is 341 g/mol. The summed E-state index contributed by atoms with van der Waals surface area (Å²) in [5, 5.41) is 0.992. The first-order chi connectivity index (χ1) is 10.1. The molecule has 0 saturated heterocycles.